The molecule has 2 amide bonds. The molecule has 19 heavy (non-hydrogen) atoms. The van der Waals surface area contributed by atoms with Crippen molar-refractivity contribution < 1.29 is 19.5 Å². The molecule has 2 N–H and O–H groups in total. The van der Waals surface area contributed by atoms with Crippen molar-refractivity contribution in [3.63, 3.8) is 0 Å². The van der Waals surface area contributed by atoms with Crippen LogP contribution in [0.15, 0.2) is 0 Å². The number of aliphatic carboxylic acids is 1. The molecule has 2 fully saturated rings. The van der Waals surface area contributed by atoms with Crippen LogP contribution in [-0.4, -0.2) is 58.4 Å². The van der Waals surface area contributed by atoms with Crippen LogP contribution in [0.2, 0.25) is 0 Å². The van der Waals surface area contributed by atoms with Crippen molar-refractivity contribution in [2.45, 2.75) is 24.8 Å². The number of likely N-dealkylation sites (tertiary alicyclic amines) is 1. The molecule has 6 nitrogen and oxygen atoms in total. The van der Waals surface area contributed by atoms with Gasteiger partial charge in [0.15, 0.2) is 0 Å². The van der Waals surface area contributed by atoms with E-state index < -0.39 is 17.4 Å². The Bertz CT molecular complexity index is 407. The van der Waals surface area contributed by atoms with Crippen molar-refractivity contribution >= 4 is 29.5 Å². The summed E-state index contributed by atoms with van der Waals surface area (Å²) in [5, 5.41) is 12.0. The standard InChI is InChI=1S/C12H18N2O4S/c1-14-4-2-8(6-9(14)15)10(16)13-12(11(17)18)3-5-19-7-12/h8H,2-7H2,1H3,(H,13,16)(H,17,18). The number of hydrogen-bond donors (Lipinski definition) is 2. The number of piperidine rings is 1. The first-order valence-electron chi connectivity index (χ1n) is 6.32. The molecule has 2 aliphatic heterocycles. The Balaban J connectivity index is 2.00. The van der Waals surface area contributed by atoms with Gasteiger partial charge >= 0.3 is 5.97 Å². The van der Waals surface area contributed by atoms with Crippen molar-refractivity contribution in [1.82, 2.24) is 10.2 Å². The topological polar surface area (TPSA) is 86.7 Å². The first-order chi connectivity index (χ1) is 8.94. The summed E-state index contributed by atoms with van der Waals surface area (Å²) in [6.07, 6.45) is 1.21. The SMILES string of the molecule is CN1CCC(C(=O)NC2(C(=O)O)CCSC2)CC1=O. The van der Waals surface area contributed by atoms with Crippen molar-refractivity contribution in [2.75, 3.05) is 25.1 Å². The molecule has 0 saturated carbocycles. The fourth-order valence-corrected chi connectivity index (χ4v) is 3.72. The molecule has 0 aromatic heterocycles. The summed E-state index contributed by atoms with van der Waals surface area (Å²) in [7, 11) is 1.71. The molecule has 0 aliphatic carbocycles. The van der Waals surface area contributed by atoms with E-state index in [1.807, 2.05) is 0 Å². The highest BCUT2D eigenvalue weighted by Crippen LogP contribution is 2.29. The maximum Gasteiger partial charge on any atom is 0.330 e. The van der Waals surface area contributed by atoms with Gasteiger partial charge in [-0.05, 0) is 18.6 Å². The van der Waals surface area contributed by atoms with Crippen LogP contribution in [0, 0.1) is 5.92 Å². The lowest BCUT2D eigenvalue weighted by Gasteiger charge is -2.31. The van der Waals surface area contributed by atoms with Gasteiger partial charge in [0, 0.05) is 31.7 Å². The number of carbonyl (C=O) groups is 3. The van der Waals surface area contributed by atoms with E-state index in [0.29, 0.717) is 25.1 Å². The number of carbonyl (C=O) groups excluding carboxylic acids is 2. The van der Waals surface area contributed by atoms with Crippen LogP contribution in [0.25, 0.3) is 0 Å². The van der Waals surface area contributed by atoms with Crippen LogP contribution in [-0.2, 0) is 14.4 Å². The van der Waals surface area contributed by atoms with E-state index in [2.05, 4.69) is 5.32 Å². The largest absolute Gasteiger partial charge is 0.479 e. The van der Waals surface area contributed by atoms with Gasteiger partial charge in [-0.25, -0.2) is 4.79 Å². The first-order valence-corrected chi connectivity index (χ1v) is 7.47. The second-order valence-electron chi connectivity index (χ2n) is 5.18. The Hall–Kier alpha value is -1.24. The van der Waals surface area contributed by atoms with Crippen molar-refractivity contribution in [3.05, 3.63) is 0 Å². The highest BCUT2D eigenvalue weighted by molar-refractivity contribution is 7.99. The number of nitrogens with zero attached hydrogens (tertiary/aromatic N) is 1. The molecule has 7 heteroatoms. The van der Waals surface area contributed by atoms with Crippen molar-refractivity contribution in [3.8, 4) is 0 Å². The quantitative estimate of drug-likeness (QED) is 0.758. The van der Waals surface area contributed by atoms with E-state index in [0.717, 1.165) is 5.75 Å². The fourth-order valence-electron chi connectivity index (χ4n) is 2.39. The predicted octanol–water partition coefficient (Wildman–Crippen LogP) is -0.0687. The Kier molecular flexibility index (Phi) is 4.03. The summed E-state index contributed by atoms with van der Waals surface area (Å²) >= 11 is 1.53. The summed E-state index contributed by atoms with van der Waals surface area (Å²) in [4.78, 5) is 36.7. The third kappa shape index (κ3) is 2.86. The normalized spacial score (nSPS) is 31.3. The second-order valence-corrected chi connectivity index (χ2v) is 6.29. The van der Waals surface area contributed by atoms with E-state index in [1.165, 1.54) is 11.8 Å². The zero-order valence-corrected chi connectivity index (χ0v) is 11.7. The summed E-state index contributed by atoms with van der Waals surface area (Å²) in [6, 6.07) is 0. The third-order valence-corrected chi connectivity index (χ3v) is 5.01. The van der Waals surface area contributed by atoms with Gasteiger partial charge in [-0.3, -0.25) is 9.59 Å². The molecule has 2 aliphatic rings. The van der Waals surface area contributed by atoms with Gasteiger partial charge in [0.05, 0.1) is 0 Å². The molecule has 2 heterocycles. The van der Waals surface area contributed by atoms with Gasteiger partial charge in [0.25, 0.3) is 0 Å². The molecular weight excluding hydrogens is 268 g/mol. The van der Waals surface area contributed by atoms with Gasteiger partial charge in [-0.1, -0.05) is 0 Å². The van der Waals surface area contributed by atoms with Crippen molar-refractivity contribution in [1.29, 1.82) is 0 Å². The van der Waals surface area contributed by atoms with Crippen LogP contribution in [0.5, 0.6) is 0 Å². The maximum atomic E-state index is 12.2. The Morgan fingerprint density at radius 2 is 2.26 bits per heavy atom. The lowest BCUT2D eigenvalue weighted by atomic mass is 9.92. The molecule has 2 atom stereocenters. The summed E-state index contributed by atoms with van der Waals surface area (Å²) in [6.45, 7) is 0.547. The van der Waals surface area contributed by atoms with Crippen LogP contribution >= 0.6 is 11.8 Å². The molecular formula is C12H18N2O4S. The highest BCUT2D eigenvalue weighted by Gasteiger charge is 2.44. The highest BCUT2D eigenvalue weighted by atomic mass is 32.2. The smallest absolute Gasteiger partial charge is 0.330 e. The minimum Gasteiger partial charge on any atom is -0.479 e. The Morgan fingerprint density at radius 3 is 2.79 bits per heavy atom. The van der Waals surface area contributed by atoms with Crippen LogP contribution < -0.4 is 5.32 Å². The summed E-state index contributed by atoms with van der Waals surface area (Å²) < 4.78 is 0. The molecule has 0 aromatic carbocycles. The minimum atomic E-state index is -1.14. The van der Waals surface area contributed by atoms with Gasteiger partial charge < -0.3 is 15.3 Å². The van der Waals surface area contributed by atoms with E-state index in [1.54, 1.807) is 11.9 Å². The van der Waals surface area contributed by atoms with E-state index in [4.69, 9.17) is 0 Å². The summed E-state index contributed by atoms with van der Waals surface area (Å²) in [5.41, 5.74) is -1.14. The van der Waals surface area contributed by atoms with E-state index in [-0.39, 0.29) is 18.2 Å². The number of nitrogens with one attached hydrogen (secondary N) is 1. The third-order valence-electron chi connectivity index (χ3n) is 3.82. The predicted molar refractivity (Wildman–Crippen MR) is 70.8 cm³/mol. The average Bonchev–Trinajstić information content (AvgIpc) is 2.82. The molecule has 0 radical (unpaired) electrons. The molecule has 0 bridgehead atoms. The Morgan fingerprint density at radius 1 is 1.53 bits per heavy atom. The molecule has 2 saturated heterocycles. The lowest BCUT2D eigenvalue weighted by Crippen LogP contribution is -2.57. The second kappa shape index (κ2) is 5.40. The zero-order valence-electron chi connectivity index (χ0n) is 10.8. The van der Waals surface area contributed by atoms with Crippen molar-refractivity contribution in [2.24, 2.45) is 5.92 Å². The first kappa shape index (κ1) is 14.2. The maximum absolute atomic E-state index is 12.2. The number of carboxylic acids is 1. The number of amides is 2. The molecule has 2 rings (SSSR count). The van der Waals surface area contributed by atoms with E-state index in [9.17, 15) is 19.5 Å². The average molecular weight is 286 g/mol. The van der Waals surface area contributed by atoms with E-state index >= 15 is 0 Å². The molecule has 2 unspecified atom stereocenters. The van der Waals surface area contributed by atoms with Crippen LogP contribution in [0.1, 0.15) is 19.3 Å². The van der Waals surface area contributed by atoms with Gasteiger partial charge in [-0.2, -0.15) is 11.8 Å². The fraction of sp³-hybridized carbons (Fsp3) is 0.750. The number of rotatable bonds is 3. The van der Waals surface area contributed by atoms with Crippen LogP contribution in [0.4, 0.5) is 0 Å². The summed E-state index contributed by atoms with van der Waals surface area (Å²) in [5.74, 6) is -0.605. The molecule has 0 aromatic rings. The monoisotopic (exact) mass is 286 g/mol. The Labute approximate surface area is 115 Å². The van der Waals surface area contributed by atoms with Gasteiger partial charge in [-0.15, -0.1) is 0 Å². The molecule has 0 spiro atoms. The number of hydrogen-bond acceptors (Lipinski definition) is 4. The number of thioether (sulfide) groups is 1. The van der Waals surface area contributed by atoms with Gasteiger partial charge in [0.1, 0.15) is 5.54 Å². The molecule has 106 valence electrons. The van der Waals surface area contributed by atoms with Crippen LogP contribution in [0.3, 0.4) is 0 Å². The lowest BCUT2D eigenvalue weighted by molar-refractivity contribution is -0.148. The minimum absolute atomic E-state index is 0.0587. The number of carboxylic acid groups (broad SMARTS) is 1. The van der Waals surface area contributed by atoms with Gasteiger partial charge in [0.2, 0.25) is 11.8 Å². The zero-order chi connectivity index (χ0) is 14.0.